The van der Waals surface area contributed by atoms with E-state index in [0.29, 0.717) is 29.1 Å². The summed E-state index contributed by atoms with van der Waals surface area (Å²) >= 11 is 6.03. The van der Waals surface area contributed by atoms with Crippen molar-refractivity contribution in [1.29, 1.82) is 5.26 Å². The smallest absolute Gasteiger partial charge is 0.329 e. The van der Waals surface area contributed by atoms with Gasteiger partial charge in [0.15, 0.2) is 0 Å². The summed E-state index contributed by atoms with van der Waals surface area (Å²) in [4.78, 5) is 11.4. The summed E-state index contributed by atoms with van der Waals surface area (Å²) in [6.45, 7) is 3.62. The van der Waals surface area contributed by atoms with Gasteiger partial charge in [-0.3, -0.25) is 0 Å². The van der Waals surface area contributed by atoms with Crippen LogP contribution in [-0.4, -0.2) is 16.6 Å². The van der Waals surface area contributed by atoms with E-state index in [1.54, 1.807) is 12.1 Å². The number of nitriles is 1. The molecule has 1 rings (SSSR count). The van der Waals surface area contributed by atoms with Gasteiger partial charge in [-0.05, 0) is 31.0 Å². The van der Waals surface area contributed by atoms with E-state index in [-0.39, 0.29) is 0 Å². The van der Waals surface area contributed by atoms with Crippen molar-refractivity contribution in [3.63, 3.8) is 0 Å². The highest BCUT2D eigenvalue weighted by atomic mass is 35.5. The number of benzene rings is 1. The SMILES string of the molecule is CCC(CC)(Nc1ccc(C#N)cc1Cl)C(=O)O. The Labute approximate surface area is 111 Å². The van der Waals surface area contributed by atoms with Gasteiger partial charge in [-0.25, -0.2) is 4.79 Å². The first-order valence-corrected chi connectivity index (χ1v) is 6.08. The highest BCUT2D eigenvalue weighted by Gasteiger charge is 2.35. The number of carboxylic acid groups (broad SMARTS) is 1. The lowest BCUT2D eigenvalue weighted by Gasteiger charge is -2.29. The molecule has 0 aliphatic rings. The molecule has 0 amide bonds. The molecule has 0 aliphatic heterocycles. The first kappa shape index (κ1) is 14.3. The highest BCUT2D eigenvalue weighted by Crippen LogP contribution is 2.29. The third-order valence-electron chi connectivity index (χ3n) is 3.09. The third kappa shape index (κ3) is 2.74. The minimum Gasteiger partial charge on any atom is -0.480 e. The van der Waals surface area contributed by atoms with E-state index in [4.69, 9.17) is 16.9 Å². The second kappa shape index (κ2) is 5.74. The van der Waals surface area contributed by atoms with Crippen LogP contribution in [0.2, 0.25) is 5.02 Å². The van der Waals surface area contributed by atoms with Gasteiger partial charge >= 0.3 is 5.97 Å². The molecule has 1 aromatic rings. The summed E-state index contributed by atoms with van der Waals surface area (Å²) in [7, 11) is 0. The summed E-state index contributed by atoms with van der Waals surface area (Å²) < 4.78 is 0. The summed E-state index contributed by atoms with van der Waals surface area (Å²) in [5, 5.41) is 21.4. The molecule has 96 valence electrons. The van der Waals surface area contributed by atoms with E-state index in [1.165, 1.54) is 6.07 Å². The molecule has 0 radical (unpaired) electrons. The summed E-state index contributed by atoms with van der Waals surface area (Å²) in [6, 6.07) is 6.73. The topological polar surface area (TPSA) is 73.1 Å². The van der Waals surface area contributed by atoms with Crippen LogP contribution in [0, 0.1) is 11.3 Å². The number of nitrogens with zero attached hydrogens (tertiary/aromatic N) is 1. The molecule has 0 spiro atoms. The number of carbonyl (C=O) groups is 1. The van der Waals surface area contributed by atoms with Crippen LogP contribution in [0.15, 0.2) is 18.2 Å². The fourth-order valence-electron chi connectivity index (χ4n) is 1.73. The summed E-state index contributed by atoms with van der Waals surface area (Å²) in [5.74, 6) is -0.909. The molecular weight excluding hydrogens is 252 g/mol. The number of carboxylic acids is 1. The van der Waals surface area contributed by atoms with Gasteiger partial charge in [0.05, 0.1) is 22.3 Å². The average molecular weight is 267 g/mol. The monoisotopic (exact) mass is 266 g/mol. The Kier molecular flexibility index (Phi) is 4.57. The average Bonchev–Trinajstić information content (AvgIpc) is 2.37. The third-order valence-corrected chi connectivity index (χ3v) is 3.40. The predicted octanol–water partition coefficient (Wildman–Crippen LogP) is 3.27. The number of halogens is 1. The maximum absolute atomic E-state index is 11.4. The molecule has 0 saturated carbocycles. The van der Waals surface area contributed by atoms with Crippen LogP contribution in [0.1, 0.15) is 32.3 Å². The Morgan fingerprint density at radius 3 is 2.50 bits per heavy atom. The molecule has 5 heteroatoms. The Morgan fingerprint density at radius 2 is 2.11 bits per heavy atom. The molecule has 0 heterocycles. The fraction of sp³-hybridized carbons (Fsp3) is 0.385. The number of rotatable bonds is 5. The lowest BCUT2D eigenvalue weighted by molar-refractivity contribution is -0.142. The molecule has 0 bridgehead atoms. The zero-order chi connectivity index (χ0) is 13.8. The molecule has 0 aromatic heterocycles. The van der Waals surface area contributed by atoms with Gasteiger partial charge < -0.3 is 10.4 Å². The molecule has 0 saturated heterocycles. The zero-order valence-corrected chi connectivity index (χ0v) is 11.1. The van der Waals surface area contributed by atoms with E-state index >= 15 is 0 Å². The van der Waals surface area contributed by atoms with Gasteiger partial charge in [-0.2, -0.15) is 5.26 Å². The second-order valence-corrected chi connectivity index (χ2v) is 4.43. The quantitative estimate of drug-likeness (QED) is 0.858. The van der Waals surface area contributed by atoms with E-state index in [2.05, 4.69) is 5.32 Å². The van der Waals surface area contributed by atoms with Crippen LogP contribution in [0.3, 0.4) is 0 Å². The lowest BCUT2D eigenvalue weighted by Crippen LogP contribution is -2.45. The molecule has 1 aromatic carbocycles. The lowest BCUT2D eigenvalue weighted by atomic mass is 9.92. The molecule has 2 N–H and O–H groups in total. The normalized spacial score (nSPS) is 10.8. The highest BCUT2D eigenvalue weighted by molar-refractivity contribution is 6.33. The Balaban J connectivity index is 3.10. The van der Waals surface area contributed by atoms with Gasteiger partial charge in [0.1, 0.15) is 5.54 Å². The Morgan fingerprint density at radius 1 is 1.50 bits per heavy atom. The molecule has 0 fully saturated rings. The minimum atomic E-state index is -1.03. The van der Waals surface area contributed by atoms with Crippen molar-refractivity contribution in [1.82, 2.24) is 0 Å². The minimum absolute atomic E-state index is 0.349. The maximum Gasteiger partial charge on any atom is 0.329 e. The van der Waals surface area contributed by atoms with Crippen LogP contribution >= 0.6 is 11.6 Å². The van der Waals surface area contributed by atoms with Gasteiger partial charge in [0.2, 0.25) is 0 Å². The van der Waals surface area contributed by atoms with Gasteiger partial charge in [0, 0.05) is 0 Å². The van der Waals surface area contributed by atoms with Crippen LogP contribution in [-0.2, 0) is 4.79 Å². The van der Waals surface area contributed by atoms with Crippen LogP contribution in [0.25, 0.3) is 0 Å². The molecule has 4 nitrogen and oxygen atoms in total. The van der Waals surface area contributed by atoms with E-state index in [9.17, 15) is 9.90 Å². The molecule has 18 heavy (non-hydrogen) atoms. The number of nitrogens with one attached hydrogen (secondary N) is 1. The predicted molar refractivity (Wildman–Crippen MR) is 70.7 cm³/mol. The number of anilines is 1. The van der Waals surface area contributed by atoms with Crippen molar-refractivity contribution in [2.75, 3.05) is 5.32 Å². The van der Waals surface area contributed by atoms with Crippen LogP contribution in [0.5, 0.6) is 0 Å². The van der Waals surface area contributed by atoms with E-state index < -0.39 is 11.5 Å². The first-order chi connectivity index (χ1) is 8.49. The number of hydrogen-bond donors (Lipinski definition) is 2. The number of aliphatic carboxylic acids is 1. The zero-order valence-electron chi connectivity index (χ0n) is 10.3. The van der Waals surface area contributed by atoms with Gasteiger partial charge in [-0.1, -0.05) is 25.4 Å². The van der Waals surface area contributed by atoms with Crippen molar-refractivity contribution in [2.45, 2.75) is 32.2 Å². The Hall–Kier alpha value is -1.73. The van der Waals surface area contributed by atoms with Crippen molar-refractivity contribution in [3.8, 4) is 6.07 Å². The molecular formula is C13H15ClN2O2. The van der Waals surface area contributed by atoms with Crippen molar-refractivity contribution >= 4 is 23.3 Å². The second-order valence-electron chi connectivity index (χ2n) is 4.03. The van der Waals surface area contributed by atoms with Crippen molar-refractivity contribution < 1.29 is 9.90 Å². The standard InChI is InChI=1S/C13H15ClN2O2/c1-3-13(4-2,12(17)18)16-11-6-5-9(8-15)7-10(11)14/h5-7,16H,3-4H2,1-2H3,(H,17,18). The van der Waals surface area contributed by atoms with Crippen LogP contribution < -0.4 is 5.32 Å². The molecule has 0 unspecified atom stereocenters. The van der Waals surface area contributed by atoms with Crippen LogP contribution in [0.4, 0.5) is 5.69 Å². The maximum atomic E-state index is 11.4. The van der Waals surface area contributed by atoms with E-state index in [1.807, 2.05) is 19.9 Å². The van der Waals surface area contributed by atoms with E-state index in [0.717, 1.165) is 0 Å². The summed E-state index contributed by atoms with van der Waals surface area (Å²) in [6.07, 6.45) is 0.879. The van der Waals surface area contributed by atoms with Gasteiger partial charge in [-0.15, -0.1) is 0 Å². The van der Waals surface area contributed by atoms with Crippen molar-refractivity contribution in [2.24, 2.45) is 0 Å². The largest absolute Gasteiger partial charge is 0.480 e. The fourth-order valence-corrected chi connectivity index (χ4v) is 1.95. The molecule has 0 atom stereocenters. The first-order valence-electron chi connectivity index (χ1n) is 5.70. The molecule has 0 aliphatic carbocycles. The van der Waals surface area contributed by atoms with Gasteiger partial charge in [0.25, 0.3) is 0 Å². The Bertz CT molecular complexity index is 490. The van der Waals surface area contributed by atoms with Crippen molar-refractivity contribution in [3.05, 3.63) is 28.8 Å². The number of hydrogen-bond acceptors (Lipinski definition) is 3. The summed E-state index contributed by atoms with van der Waals surface area (Å²) in [5.41, 5.74) is -0.0566.